The average molecular weight is 222 g/mol. The van der Waals surface area contributed by atoms with Crippen LogP contribution in [-0.2, 0) is 0 Å². The topological polar surface area (TPSA) is 56.4 Å². The van der Waals surface area contributed by atoms with Crippen molar-refractivity contribution in [1.82, 2.24) is 0 Å². The van der Waals surface area contributed by atoms with Gasteiger partial charge in [-0.25, -0.2) is 0 Å². The van der Waals surface area contributed by atoms with E-state index < -0.39 is 0 Å². The van der Waals surface area contributed by atoms with Crippen molar-refractivity contribution in [3.63, 3.8) is 0 Å². The van der Waals surface area contributed by atoms with E-state index in [-0.39, 0.29) is 0 Å². The number of oxime groups is 1. The van der Waals surface area contributed by atoms with Crippen LogP contribution in [0.5, 0.6) is 0 Å². The van der Waals surface area contributed by atoms with Crippen LogP contribution in [0.4, 0.5) is 0 Å². The van der Waals surface area contributed by atoms with Crippen LogP contribution in [0.2, 0.25) is 0 Å². The summed E-state index contributed by atoms with van der Waals surface area (Å²) in [5.41, 5.74) is 3.49. The highest BCUT2D eigenvalue weighted by molar-refractivity contribution is 5.80. The summed E-state index contributed by atoms with van der Waals surface area (Å²) in [7, 11) is 0. The molecule has 0 aromatic heterocycles. The molecule has 0 unspecified atom stereocenters. The molecule has 2 rings (SSSR count). The lowest BCUT2D eigenvalue weighted by atomic mass is 10.0. The van der Waals surface area contributed by atoms with Crippen molar-refractivity contribution in [2.45, 2.75) is 0 Å². The molecule has 0 aliphatic carbocycles. The predicted molar refractivity (Wildman–Crippen MR) is 66.0 cm³/mol. The quantitative estimate of drug-likeness (QED) is 0.482. The van der Waals surface area contributed by atoms with Crippen molar-refractivity contribution in [1.29, 1.82) is 5.26 Å². The molecule has 0 bridgehead atoms. The summed E-state index contributed by atoms with van der Waals surface area (Å²) < 4.78 is 0. The van der Waals surface area contributed by atoms with Gasteiger partial charge in [-0.15, -0.1) is 0 Å². The lowest BCUT2D eigenvalue weighted by Gasteiger charge is -2.02. The minimum Gasteiger partial charge on any atom is -0.411 e. The zero-order chi connectivity index (χ0) is 12.1. The number of nitriles is 1. The SMILES string of the molecule is N#Cc1cccc(-c2ccc(C=NO)cc2)c1. The molecule has 0 atom stereocenters. The van der Waals surface area contributed by atoms with Crippen LogP contribution >= 0.6 is 0 Å². The van der Waals surface area contributed by atoms with Gasteiger partial charge >= 0.3 is 0 Å². The Morgan fingerprint density at radius 3 is 2.47 bits per heavy atom. The molecule has 0 radical (unpaired) electrons. The van der Waals surface area contributed by atoms with E-state index in [0.717, 1.165) is 16.7 Å². The fourth-order valence-corrected chi connectivity index (χ4v) is 1.60. The van der Waals surface area contributed by atoms with Crippen LogP contribution in [0.15, 0.2) is 53.7 Å². The second-order valence-corrected chi connectivity index (χ2v) is 3.56. The number of benzene rings is 2. The second kappa shape index (κ2) is 4.95. The minimum absolute atomic E-state index is 0.642. The minimum atomic E-state index is 0.642. The van der Waals surface area contributed by atoms with Gasteiger partial charge in [-0.1, -0.05) is 41.6 Å². The molecule has 82 valence electrons. The number of nitrogens with zero attached hydrogens (tertiary/aromatic N) is 2. The van der Waals surface area contributed by atoms with Crippen LogP contribution < -0.4 is 0 Å². The highest BCUT2D eigenvalue weighted by Crippen LogP contribution is 2.20. The standard InChI is InChI=1S/C14H10N2O/c15-9-12-2-1-3-14(8-12)13-6-4-11(5-7-13)10-16-17/h1-8,10,17H. The maximum atomic E-state index is 8.83. The van der Waals surface area contributed by atoms with Crippen LogP contribution in [0.1, 0.15) is 11.1 Å². The van der Waals surface area contributed by atoms with Crippen molar-refractivity contribution < 1.29 is 5.21 Å². The van der Waals surface area contributed by atoms with Gasteiger partial charge in [0.15, 0.2) is 0 Å². The largest absolute Gasteiger partial charge is 0.411 e. The molecule has 0 saturated carbocycles. The zero-order valence-corrected chi connectivity index (χ0v) is 9.04. The fraction of sp³-hybridized carbons (Fsp3) is 0. The third-order valence-corrected chi connectivity index (χ3v) is 2.44. The van der Waals surface area contributed by atoms with Crippen molar-refractivity contribution in [2.75, 3.05) is 0 Å². The molecule has 0 amide bonds. The maximum Gasteiger partial charge on any atom is 0.0991 e. The molecule has 0 saturated heterocycles. The highest BCUT2D eigenvalue weighted by Gasteiger charge is 1.98. The van der Waals surface area contributed by atoms with E-state index in [1.165, 1.54) is 6.21 Å². The molecule has 2 aromatic carbocycles. The van der Waals surface area contributed by atoms with Crippen LogP contribution in [0.25, 0.3) is 11.1 Å². The van der Waals surface area contributed by atoms with E-state index in [1.54, 1.807) is 6.07 Å². The maximum absolute atomic E-state index is 8.83. The Morgan fingerprint density at radius 1 is 1.06 bits per heavy atom. The Balaban J connectivity index is 2.36. The number of rotatable bonds is 2. The lowest BCUT2D eigenvalue weighted by Crippen LogP contribution is -1.83. The third kappa shape index (κ3) is 2.50. The molecule has 1 N–H and O–H groups in total. The summed E-state index contributed by atoms with van der Waals surface area (Å²) in [6.45, 7) is 0. The summed E-state index contributed by atoms with van der Waals surface area (Å²) in [5.74, 6) is 0. The van der Waals surface area contributed by atoms with Crippen molar-refractivity contribution in [3.8, 4) is 17.2 Å². The van der Waals surface area contributed by atoms with Crippen molar-refractivity contribution >= 4 is 6.21 Å². The second-order valence-electron chi connectivity index (χ2n) is 3.56. The van der Waals surface area contributed by atoms with E-state index in [9.17, 15) is 0 Å². The molecule has 0 fully saturated rings. The van der Waals surface area contributed by atoms with Gasteiger partial charge in [-0.3, -0.25) is 0 Å². The molecular formula is C14H10N2O. The summed E-state index contributed by atoms with van der Waals surface area (Å²) >= 11 is 0. The molecule has 0 aliphatic heterocycles. The van der Waals surface area contributed by atoms with E-state index in [2.05, 4.69) is 11.2 Å². The van der Waals surface area contributed by atoms with Crippen LogP contribution in [0.3, 0.4) is 0 Å². The summed E-state index contributed by atoms with van der Waals surface area (Å²) in [5, 5.41) is 20.2. The van der Waals surface area contributed by atoms with Gasteiger partial charge < -0.3 is 5.21 Å². The van der Waals surface area contributed by atoms with Gasteiger partial charge in [-0.2, -0.15) is 5.26 Å². The first-order valence-electron chi connectivity index (χ1n) is 5.11. The smallest absolute Gasteiger partial charge is 0.0991 e. The molecular weight excluding hydrogens is 212 g/mol. The molecule has 17 heavy (non-hydrogen) atoms. The lowest BCUT2D eigenvalue weighted by molar-refractivity contribution is 0.322. The molecule has 0 heterocycles. The molecule has 3 nitrogen and oxygen atoms in total. The van der Waals surface area contributed by atoms with E-state index in [0.29, 0.717) is 5.56 Å². The summed E-state index contributed by atoms with van der Waals surface area (Å²) in [6.07, 6.45) is 1.37. The van der Waals surface area contributed by atoms with E-state index in [4.69, 9.17) is 10.5 Å². The van der Waals surface area contributed by atoms with Gasteiger partial charge in [0.05, 0.1) is 17.8 Å². The van der Waals surface area contributed by atoms with Crippen molar-refractivity contribution in [2.24, 2.45) is 5.16 Å². The number of hydrogen-bond donors (Lipinski definition) is 1. The Kier molecular flexibility index (Phi) is 3.18. The molecule has 0 spiro atoms. The van der Waals surface area contributed by atoms with Crippen LogP contribution in [-0.4, -0.2) is 11.4 Å². The monoisotopic (exact) mass is 222 g/mol. The average Bonchev–Trinajstić information content (AvgIpc) is 2.40. The molecule has 3 heteroatoms. The van der Waals surface area contributed by atoms with Gasteiger partial charge in [0.25, 0.3) is 0 Å². The Bertz CT molecular complexity index is 580. The van der Waals surface area contributed by atoms with E-state index in [1.807, 2.05) is 42.5 Å². The zero-order valence-electron chi connectivity index (χ0n) is 9.04. The van der Waals surface area contributed by atoms with E-state index >= 15 is 0 Å². The normalized spacial score (nSPS) is 10.3. The van der Waals surface area contributed by atoms with Crippen LogP contribution in [0, 0.1) is 11.3 Å². The van der Waals surface area contributed by atoms with Gasteiger partial charge in [-0.05, 0) is 28.8 Å². The Labute approximate surface area is 99.3 Å². The molecule has 2 aromatic rings. The molecule has 0 aliphatic rings. The first-order valence-corrected chi connectivity index (χ1v) is 5.11. The summed E-state index contributed by atoms with van der Waals surface area (Å²) in [6, 6.07) is 17.1. The van der Waals surface area contributed by atoms with Gasteiger partial charge in [0.1, 0.15) is 0 Å². The van der Waals surface area contributed by atoms with Gasteiger partial charge in [0.2, 0.25) is 0 Å². The number of hydrogen-bond acceptors (Lipinski definition) is 3. The first kappa shape index (κ1) is 10.9. The fourth-order valence-electron chi connectivity index (χ4n) is 1.60. The highest BCUT2D eigenvalue weighted by atomic mass is 16.4. The Hall–Kier alpha value is -2.60. The Morgan fingerprint density at radius 2 is 1.82 bits per heavy atom. The summed E-state index contributed by atoms with van der Waals surface area (Å²) in [4.78, 5) is 0. The third-order valence-electron chi connectivity index (χ3n) is 2.44. The van der Waals surface area contributed by atoms with Crippen molar-refractivity contribution in [3.05, 3.63) is 59.7 Å². The predicted octanol–water partition coefficient (Wildman–Crippen LogP) is 3.03. The van der Waals surface area contributed by atoms with Gasteiger partial charge in [0, 0.05) is 0 Å². The first-order chi connectivity index (χ1) is 8.33.